The SMILES string of the molecule is [C-]#[N+]c1cc(NC(=O)CC)ccc1N1CCC[C@]2(CCN(C3CCC(O)CC3)C2=O)C1. The van der Waals surface area contributed by atoms with Crippen LogP contribution in [0.3, 0.4) is 0 Å². The standard InChI is InChI=1S/C24H32N4O3/c1-3-22(30)26-17-5-10-21(20(15-17)25-2)27-13-4-11-24(16-27)12-14-28(23(24)31)18-6-8-19(29)9-7-18/h5,10,15,18-19,29H,3-4,6-9,11-14,16H2,1H3,(H,26,30)/t18?,19?,24-/m0/s1. The van der Waals surface area contributed by atoms with Crippen molar-refractivity contribution in [3.8, 4) is 0 Å². The number of aliphatic hydroxyl groups excluding tert-OH is 1. The Bertz CT molecular complexity index is 887. The molecule has 1 aromatic rings. The molecule has 0 bridgehead atoms. The van der Waals surface area contributed by atoms with Gasteiger partial charge in [0, 0.05) is 43.5 Å². The Morgan fingerprint density at radius 2 is 2.03 bits per heavy atom. The molecule has 1 aromatic carbocycles. The smallest absolute Gasteiger partial charge is 0.230 e. The molecule has 2 N–H and O–H groups in total. The fourth-order valence-electron chi connectivity index (χ4n) is 5.49. The summed E-state index contributed by atoms with van der Waals surface area (Å²) in [4.78, 5) is 33.2. The maximum atomic E-state index is 13.5. The third-order valence-corrected chi connectivity index (χ3v) is 7.27. The molecule has 0 aromatic heterocycles. The van der Waals surface area contributed by atoms with Gasteiger partial charge in [0.15, 0.2) is 0 Å². The van der Waals surface area contributed by atoms with Gasteiger partial charge in [-0.3, -0.25) is 9.59 Å². The normalized spacial score (nSPS) is 28.6. The lowest BCUT2D eigenvalue weighted by molar-refractivity contribution is -0.139. The Morgan fingerprint density at radius 3 is 2.74 bits per heavy atom. The van der Waals surface area contributed by atoms with Crippen LogP contribution in [0.5, 0.6) is 0 Å². The molecule has 1 spiro atoms. The van der Waals surface area contributed by atoms with E-state index in [4.69, 9.17) is 6.57 Å². The third kappa shape index (κ3) is 4.27. The Hall–Kier alpha value is -2.59. The van der Waals surface area contributed by atoms with Gasteiger partial charge in [-0.1, -0.05) is 6.92 Å². The van der Waals surface area contributed by atoms with Gasteiger partial charge in [0.25, 0.3) is 0 Å². The summed E-state index contributed by atoms with van der Waals surface area (Å²) >= 11 is 0. The van der Waals surface area contributed by atoms with Crippen molar-refractivity contribution in [2.24, 2.45) is 5.41 Å². The molecular formula is C24H32N4O3. The molecule has 0 unspecified atom stereocenters. The quantitative estimate of drug-likeness (QED) is 0.723. The summed E-state index contributed by atoms with van der Waals surface area (Å²) < 4.78 is 0. The van der Waals surface area contributed by atoms with Gasteiger partial charge in [-0.15, -0.1) is 0 Å². The van der Waals surface area contributed by atoms with Gasteiger partial charge < -0.3 is 20.2 Å². The number of carbonyl (C=O) groups is 2. The minimum atomic E-state index is -0.372. The summed E-state index contributed by atoms with van der Waals surface area (Å²) in [6, 6.07) is 5.73. The topological polar surface area (TPSA) is 77.2 Å². The number of nitrogens with zero attached hydrogens (tertiary/aromatic N) is 3. The van der Waals surface area contributed by atoms with Crippen LogP contribution in [-0.2, 0) is 9.59 Å². The number of nitrogens with one attached hydrogen (secondary N) is 1. The second-order valence-electron chi connectivity index (χ2n) is 9.23. The van der Waals surface area contributed by atoms with Crippen LogP contribution < -0.4 is 10.2 Å². The van der Waals surface area contributed by atoms with Gasteiger partial charge >= 0.3 is 0 Å². The summed E-state index contributed by atoms with van der Waals surface area (Å²) in [6.45, 7) is 11.7. The average Bonchev–Trinajstić information content (AvgIpc) is 3.09. The molecule has 4 rings (SSSR count). The number of piperidine rings is 1. The lowest BCUT2D eigenvalue weighted by Gasteiger charge is -2.42. The summed E-state index contributed by atoms with van der Waals surface area (Å²) in [5, 5.41) is 12.6. The Kier molecular flexibility index (Phi) is 6.19. The number of rotatable bonds is 4. The Morgan fingerprint density at radius 1 is 1.26 bits per heavy atom. The molecule has 7 heteroatoms. The highest BCUT2D eigenvalue weighted by molar-refractivity contribution is 5.92. The van der Waals surface area contributed by atoms with Gasteiger partial charge in [0.05, 0.1) is 18.1 Å². The first-order valence-electron chi connectivity index (χ1n) is 11.5. The predicted molar refractivity (Wildman–Crippen MR) is 120 cm³/mol. The maximum Gasteiger partial charge on any atom is 0.230 e. The molecule has 1 saturated carbocycles. The lowest BCUT2D eigenvalue weighted by Crippen LogP contribution is -2.50. The van der Waals surface area contributed by atoms with E-state index < -0.39 is 0 Å². The van der Waals surface area contributed by atoms with E-state index in [1.54, 1.807) is 13.0 Å². The van der Waals surface area contributed by atoms with E-state index in [1.165, 1.54) is 0 Å². The van der Waals surface area contributed by atoms with Crippen molar-refractivity contribution in [1.29, 1.82) is 0 Å². The number of benzene rings is 1. The first-order valence-corrected chi connectivity index (χ1v) is 11.5. The molecule has 3 fully saturated rings. The molecule has 3 aliphatic rings. The van der Waals surface area contributed by atoms with Crippen LogP contribution in [0, 0.1) is 12.0 Å². The number of amides is 2. The number of hydrogen-bond donors (Lipinski definition) is 2. The van der Waals surface area contributed by atoms with Crippen molar-refractivity contribution in [2.75, 3.05) is 29.9 Å². The van der Waals surface area contributed by atoms with Crippen molar-refractivity contribution in [1.82, 2.24) is 4.90 Å². The number of hydrogen-bond acceptors (Lipinski definition) is 4. The van der Waals surface area contributed by atoms with Crippen molar-refractivity contribution in [3.05, 3.63) is 29.6 Å². The zero-order valence-electron chi connectivity index (χ0n) is 18.3. The van der Waals surface area contributed by atoms with Gasteiger partial charge in [0.2, 0.25) is 17.5 Å². The minimum absolute atomic E-state index is 0.0764. The zero-order valence-corrected chi connectivity index (χ0v) is 18.3. The molecule has 1 aliphatic carbocycles. The maximum absolute atomic E-state index is 13.5. The van der Waals surface area contributed by atoms with E-state index in [-0.39, 0.29) is 29.4 Å². The fourth-order valence-corrected chi connectivity index (χ4v) is 5.49. The predicted octanol–water partition coefficient (Wildman–Crippen LogP) is 3.71. The van der Waals surface area contributed by atoms with E-state index in [0.717, 1.165) is 63.7 Å². The second kappa shape index (κ2) is 8.88. The Labute approximate surface area is 184 Å². The van der Waals surface area contributed by atoms with Crippen molar-refractivity contribution < 1.29 is 14.7 Å². The molecule has 31 heavy (non-hydrogen) atoms. The van der Waals surface area contributed by atoms with Crippen LogP contribution in [0.2, 0.25) is 0 Å². The minimum Gasteiger partial charge on any atom is -0.393 e. The highest BCUT2D eigenvalue weighted by Crippen LogP contribution is 2.45. The van der Waals surface area contributed by atoms with Crippen LogP contribution in [0.4, 0.5) is 17.1 Å². The van der Waals surface area contributed by atoms with Gasteiger partial charge in [-0.05, 0) is 63.1 Å². The van der Waals surface area contributed by atoms with E-state index >= 15 is 0 Å². The highest BCUT2D eigenvalue weighted by atomic mass is 16.3. The fraction of sp³-hybridized carbons (Fsp3) is 0.625. The molecule has 1 atom stereocenters. The molecule has 0 radical (unpaired) electrons. The third-order valence-electron chi connectivity index (χ3n) is 7.27. The second-order valence-corrected chi connectivity index (χ2v) is 9.23. The van der Waals surface area contributed by atoms with Crippen molar-refractivity contribution in [3.63, 3.8) is 0 Å². The summed E-state index contributed by atoms with van der Waals surface area (Å²) in [5.74, 6) is 0.183. The van der Waals surface area contributed by atoms with Crippen LogP contribution in [0.25, 0.3) is 4.85 Å². The van der Waals surface area contributed by atoms with Crippen molar-refractivity contribution in [2.45, 2.75) is 70.4 Å². The first kappa shape index (κ1) is 21.6. The van der Waals surface area contributed by atoms with Crippen LogP contribution >= 0.6 is 0 Å². The highest BCUT2D eigenvalue weighted by Gasteiger charge is 2.50. The van der Waals surface area contributed by atoms with Crippen LogP contribution in [0.1, 0.15) is 58.3 Å². The molecule has 2 saturated heterocycles. The van der Waals surface area contributed by atoms with E-state index in [0.29, 0.717) is 24.3 Å². The summed E-state index contributed by atoms with van der Waals surface area (Å²) in [6.07, 6.45) is 6.19. The molecule has 166 valence electrons. The van der Waals surface area contributed by atoms with Gasteiger partial charge in [-0.25, -0.2) is 4.85 Å². The zero-order chi connectivity index (χ0) is 22.0. The van der Waals surface area contributed by atoms with Gasteiger partial charge in [0.1, 0.15) is 0 Å². The van der Waals surface area contributed by atoms with Crippen molar-refractivity contribution >= 4 is 28.9 Å². The number of carbonyl (C=O) groups excluding carboxylic acids is 2. The number of aliphatic hydroxyl groups is 1. The summed E-state index contributed by atoms with van der Waals surface area (Å²) in [7, 11) is 0. The van der Waals surface area contributed by atoms with Crippen LogP contribution in [0.15, 0.2) is 18.2 Å². The van der Waals surface area contributed by atoms with E-state index in [9.17, 15) is 14.7 Å². The molecule has 2 heterocycles. The Balaban J connectivity index is 1.50. The molecule has 7 nitrogen and oxygen atoms in total. The monoisotopic (exact) mass is 424 g/mol. The first-order chi connectivity index (χ1) is 15.0. The molecule has 2 aliphatic heterocycles. The summed E-state index contributed by atoms with van der Waals surface area (Å²) in [5.41, 5.74) is 1.61. The average molecular weight is 425 g/mol. The number of anilines is 2. The van der Waals surface area contributed by atoms with E-state index in [1.807, 2.05) is 12.1 Å². The molecular weight excluding hydrogens is 392 g/mol. The van der Waals surface area contributed by atoms with E-state index in [2.05, 4.69) is 20.0 Å². The lowest BCUT2D eigenvalue weighted by atomic mass is 9.78. The largest absolute Gasteiger partial charge is 0.393 e. The van der Waals surface area contributed by atoms with Crippen LogP contribution in [-0.4, -0.2) is 53.6 Å². The number of likely N-dealkylation sites (tertiary alicyclic amines) is 1. The van der Waals surface area contributed by atoms with Gasteiger partial charge in [-0.2, -0.15) is 0 Å². The molecule has 2 amide bonds.